The number of rotatable bonds is 4. The SMILES string of the molecule is O=C(Nc1ccc(Cl)c(Cl)c1)c1ccc(-c2nnc(-c3ccccc3)o2)cc1. The van der Waals surface area contributed by atoms with E-state index in [-0.39, 0.29) is 5.91 Å². The second kappa shape index (κ2) is 7.84. The minimum Gasteiger partial charge on any atom is -0.416 e. The monoisotopic (exact) mass is 409 g/mol. The molecular weight excluding hydrogens is 397 g/mol. The van der Waals surface area contributed by atoms with Gasteiger partial charge in [-0.05, 0) is 54.6 Å². The summed E-state index contributed by atoms with van der Waals surface area (Å²) >= 11 is 11.9. The summed E-state index contributed by atoms with van der Waals surface area (Å²) in [6.45, 7) is 0. The molecule has 0 unspecified atom stereocenters. The first-order valence-corrected chi connectivity index (χ1v) is 9.11. The van der Waals surface area contributed by atoms with Crippen LogP contribution in [0, 0.1) is 0 Å². The van der Waals surface area contributed by atoms with Crippen LogP contribution in [-0.2, 0) is 0 Å². The van der Waals surface area contributed by atoms with Crippen molar-refractivity contribution in [2.45, 2.75) is 0 Å². The number of hydrogen-bond donors (Lipinski definition) is 1. The Labute approximate surface area is 170 Å². The van der Waals surface area contributed by atoms with Crippen LogP contribution < -0.4 is 5.32 Å². The molecule has 4 aromatic rings. The third-order valence-electron chi connectivity index (χ3n) is 4.02. The van der Waals surface area contributed by atoms with Crippen LogP contribution in [0.25, 0.3) is 22.9 Å². The Bertz CT molecular complexity index is 1130. The van der Waals surface area contributed by atoms with E-state index in [0.717, 1.165) is 11.1 Å². The Balaban J connectivity index is 1.50. The maximum Gasteiger partial charge on any atom is 0.255 e. The molecular formula is C21H13Cl2N3O2. The number of halogens is 2. The predicted molar refractivity (Wildman–Crippen MR) is 110 cm³/mol. The number of anilines is 1. The van der Waals surface area contributed by atoms with Crippen LogP contribution in [0.3, 0.4) is 0 Å². The number of nitrogens with one attached hydrogen (secondary N) is 1. The summed E-state index contributed by atoms with van der Waals surface area (Å²) in [5, 5.41) is 11.7. The molecule has 7 heteroatoms. The van der Waals surface area contributed by atoms with E-state index in [9.17, 15) is 4.79 Å². The van der Waals surface area contributed by atoms with E-state index in [1.807, 2.05) is 30.3 Å². The van der Waals surface area contributed by atoms with Crippen LogP contribution in [0.5, 0.6) is 0 Å². The highest BCUT2D eigenvalue weighted by Gasteiger charge is 2.12. The van der Waals surface area contributed by atoms with Gasteiger partial charge in [-0.15, -0.1) is 10.2 Å². The van der Waals surface area contributed by atoms with Crippen molar-refractivity contribution in [3.05, 3.63) is 88.4 Å². The molecule has 1 amide bonds. The summed E-state index contributed by atoms with van der Waals surface area (Å²) in [5.74, 6) is 0.563. The van der Waals surface area contributed by atoms with Crippen molar-refractivity contribution in [3.8, 4) is 22.9 Å². The standard InChI is InChI=1S/C21H13Cl2N3O2/c22-17-11-10-16(12-18(17)23)24-19(27)13-6-8-15(9-7-13)21-26-25-20(28-21)14-4-2-1-3-5-14/h1-12H,(H,24,27). The van der Waals surface area contributed by atoms with Crippen molar-refractivity contribution >= 4 is 34.8 Å². The molecule has 0 aliphatic carbocycles. The predicted octanol–water partition coefficient (Wildman–Crippen LogP) is 5.96. The van der Waals surface area contributed by atoms with Gasteiger partial charge in [0.2, 0.25) is 11.8 Å². The highest BCUT2D eigenvalue weighted by Crippen LogP contribution is 2.26. The molecule has 0 saturated carbocycles. The summed E-state index contributed by atoms with van der Waals surface area (Å²) in [4.78, 5) is 12.4. The topological polar surface area (TPSA) is 68.0 Å². The lowest BCUT2D eigenvalue weighted by atomic mass is 10.1. The van der Waals surface area contributed by atoms with Gasteiger partial charge in [0, 0.05) is 22.4 Å². The molecule has 4 rings (SSSR count). The van der Waals surface area contributed by atoms with Crippen LogP contribution in [0.4, 0.5) is 5.69 Å². The van der Waals surface area contributed by atoms with Crippen LogP contribution >= 0.6 is 23.2 Å². The van der Waals surface area contributed by atoms with Gasteiger partial charge >= 0.3 is 0 Å². The zero-order valence-corrected chi connectivity index (χ0v) is 15.9. The number of carbonyl (C=O) groups is 1. The molecule has 0 bridgehead atoms. The number of carbonyl (C=O) groups excluding carboxylic acids is 1. The Hall–Kier alpha value is -3.15. The van der Waals surface area contributed by atoms with Crippen LogP contribution in [0.1, 0.15) is 10.4 Å². The summed E-state index contributed by atoms with van der Waals surface area (Å²) in [5.41, 5.74) is 2.62. The Morgan fingerprint density at radius 1 is 0.786 bits per heavy atom. The number of nitrogens with zero attached hydrogens (tertiary/aromatic N) is 2. The molecule has 0 atom stereocenters. The number of hydrogen-bond acceptors (Lipinski definition) is 4. The third kappa shape index (κ3) is 3.91. The fraction of sp³-hybridized carbons (Fsp3) is 0. The van der Waals surface area contributed by atoms with Crippen molar-refractivity contribution in [2.75, 3.05) is 5.32 Å². The second-order valence-corrected chi connectivity index (χ2v) is 6.75. The molecule has 5 nitrogen and oxygen atoms in total. The van der Waals surface area contributed by atoms with Crippen molar-refractivity contribution < 1.29 is 9.21 Å². The molecule has 0 radical (unpaired) electrons. The van der Waals surface area contributed by atoms with Gasteiger partial charge in [-0.3, -0.25) is 4.79 Å². The van der Waals surface area contributed by atoms with E-state index in [1.54, 1.807) is 42.5 Å². The maximum absolute atomic E-state index is 12.4. The number of benzene rings is 3. The molecule has 1 N–H and O–H groups in total. The average molecular weight is 410 g/mol. The lowest BCUT2D eigenvalue weighted by Gasteiger charge is -2.06. The molecule has 1 aromatic heterocycles. The summed E-state index contributed by atoms with van der Waals surface area (Å²) < 4.78 is 5.73. The molecule has 138 valence electrons. The molecule has 1 heterocycles. The normalized spacial score (nSPS) is 10.6. The third-order valence-corrected chi connectivity index (χ3v) is 4.76. The van der Waals surface area contributed by atoms with Gasteiger partial charge in [-0.25, -0.2) is 0 Å². The summed E-state index contributed by atoms with van der Waals surface area (Å²) in [7, 11) is 0. The molecule has 0 fully saturated rings. The minimum atomic E-state index is -0.263. The largest absolute Gasteiger partial charge is 0.416 e. The summed E-state index contributed by atoms with van der Waals surface area (Å²) in [6, 6.07) is 21.3. The van der Waals surface area contributed by atoms with Crippen molar-refractivity contribution in [2.24, 2.45) is 0 Å². The number of aromatic nitrogens is 2. The Morgan fingerprint density at radius 2 is 1.43 bits per heavy atom. The fourth-order valence-corrected chi connectivity index (χ4v) is 2.88. The van der Waals surface area contributed by atoms with Crippen molar-refractivity contribution in [3.63, 3.8) is 0 Å². The van der Waals surface area contributed by atoms with Gasteiger partial charge in [0.05, 0.1) is 10.0 Å². The van der Waals surface area contributed by atoms with E-state index in [2.05, 4.69) is 15.5 Å². The van der Waals surface area contributed by atoms with Crippen molar-refractivity contribution in [1.29, 1.82) is 0 Å². The molecule has 0 saturated heterocycles. The van der Waals surface area contributed by atoms with Gasteiger partial charge in [0.1, 0.15) is 0 Å². The average Bonchev–Trinajstić information content (AvgIpc) is 3.22. The molecule has 3 aromatic carbocycles. The van der Waals surface area contributed by atoms with Gasteiger partial charge in [-0.1, -0.05) is 41.4 Å². The molecule has 0 aliphatic rings. The fourth-order valence-electron chi connectivity index (χ4n) is 2.58. The first kappa shape index (κ1) is 18.2. The van der Waals surface area contributed by atoms with Gasteiger partial charge in [0.15, 0.2) is 0 Å². The van der Waals surface area contributed by atoms with Gasteiger partial charge < -0.3 is 9.73 Å². The van der Waals surface area contributed by atoms with Crippen LogP contribution in [0.2, 0.25) is 10.0 Å². The first-order valence-electron chi connectivity index (χ1n) is 8.36. The zero-order chi connectivity index (χ0) is 19.5. The van der Waals surface area contributed by atoms with E-state index < -0.39 is 0 Å². The minimum absolute atomic E-state index is 0.263. The first-order chi connectivity index (χ1) is 13.6. The summed E-state index contributed by atoms with van der Waals surface area (Å²) in [6.07, 6.45) is 0. The lowest BCUT2D eigenvalue weighted by molar-refractivity contribution is 0.102. The van der Waals surface area contributed by atoms with Crippen LogP contribution in [0.15, 0.2) is 77.2 Å². The second-order valence-electron chi connectivity index (χ2n) is 5.94. The lowest BCUT2D eigenvalue weighted by Crippen LogP contribution is -2.11. The van der Waals surface area contributed by atoms with E-state index in [1.165, 1.54) is 0 Å². The quantitative estimate of drug-likeness (QED) is 0.451. The van der Waals surface area contributed by atoms with E-state index in [0.29, 0.717) is 33.1 Å². The molecule has 28 heavy (non-hydrogen) atoms. The van der Waals surface area contributed by atoms with Gasteiger partial charge in [0.25, 0.3) is 5.91 Å². The van der Waals surface area contributed by atoms with E-state index in [4.69, 9.17) is 27.6 Å². The molecule has 0 spiro atoms. The van der Waals surface area contributed by atoms with E-state index >= 15 is 0 Å². The van der Waals surface area contributed by atoms with Crippen LogP contribution in [-0.4, -0.2) is 16.1 Å². The Kier molecular flexibility index (Phi) is 5.10. The smallest absolute Gasteiger partial charge is 0.255 e. The highest BCUT2D eigenvalue weighted by atomic mass is 35.5. The Morgan fingerprint density at radius 3 is 2.07 bits per heavy atom. The zero-order valence-electron chi connectivity index (χ0n) is 14.4. The maximum atomic E-state index is 12.4. The van der Waals surface area contributed by atoms with Crippen molar-refractivity contribution in [1.82, 2.24) is 10.2 Å². The highest BCUT2D eigenvalue weighted by molar-refractivity contribution is 6.42. The number of amides is 1. The molecule has 0 aliphatic heterocycles. The van der Waals surface area contributed by atoms with Gasteiger partial charge in [-0.2, -0.15) is 0 Å².